The van der Waals surface area contributed by atoms with Crippen LogP contribution in [0.4, 0.5) is 26.3 Å². The van der Waals surface area contributed by atoms with Crippen LogP contribution in [0.25, 0.3) is 6.08 Å². The fourth-order valence-electron chi connectivity index (χ4n) is 1.45. The minimum absolute atomic E-state index is 0.117. The lowest BCUT2D eigenvalue weighted by Crippen LogP contribution is -2.14. The Morgan fingerprint density at radius 3 is 1.76 bits per heavy atom. The molecule has 0 spiro atoms. The summed E-state index contributed by atoms with van der Waals surface area (Å²) in [6, 6.07) is 0.949. The first-order valence-corrected chi connectivity index (χ1v) is 4.49. The largest absolute Gasteiger partial charge is 0.417 e. The molecule has 6 heteroatoms. The van der Waals surface area contributed by atoms with E-state index in [2.05, 4.69) is 6.58 Å². The maximum absolute atomic E-state index is 12.5. The van der Waals surface area contributed by atoms with Gasteiger partial charge in [-0.1, -0.05) is 18.7 Å². The van der Waals surface area contributed by atoms with Crippen LogP contribution in [0.5, 0.6) is 0 Å². The molecule has 0 heterocycles. The zero-order chi connectivity index (χ0) is 13.4. The Balaban J connectivity index is 3.55. The van der Waals surface area contributed by atoms with Crippen LogP contribution >= 0.6 is 0 Å². The summed E-state index contributed by atoms with van der Waals surface area (Å²) >= 11 is 0. The van der Waals surface area contributed by atoms with Gasteiger partial charge in [-0.25, -0.2) is 0 Å². The molecule has 0 nitrogen and oxygen atoms in total. The molecule has 1 aromatic rings. The van der Waals surface area contributed by atoms with E-state index in [-0.39, 0.29) is 17.2 Å². The summed E-state index contributed by atoms with van der Waals surface area (Å²) in [5.41, 5.74) is -3.23. The molecular formula is C11H8F6. The molecule has 0 aliphatic heterocycles. The topological polar surface area (TPSA) is 0 Å². The highest BCUT2D eigenvalue weighted by atomic mass is 19.4. The number of benzene rings is 1. The fourth-order valence-corrected chi connectivity index (χ4v) is 1.45. The van der Waals surface area contributed by atoms with Crippen molar-refractivity contribution in [1.29, 1.82) is 0 Å². The molecule has 0 unspecified atom stereocenters. The lowest BCUT2D eigenvalue weighted by Gasteiger charge is -2.16. The third-order valence-electron chi connectivity index (χ3n) is 2.23. The van der Waals surface area contributed by atoms with Crippen LogP contribution in [0.2, 0.25) is 0 Å². The second-order valence-corrected chi connectivity index (χ2v) is 3.45. The molecule has 0 atom stereocenters. The lowest BCUT2D eigenvalue weighted by atomic mass is 9.98. The zero-order valence-electron chi connectivity index (χ0n) is 8.71. The van der Waals surface area contributed by atoms with Crippen molar-refractivity contribution in [3.63, 3.8) is 0 Å². The number of halogens is 6. The van der Waals surface area contributed by atoms with E-state index >= 15 is 0 Å². The second-order valence-electron chi connectivity index (χ2n) is 3.45. The van der Waals surface area contributed by atoms with Gasteiger partial charge < -0.3 is 0 Å². The first-order chi connectivity index (χ1) is 7.57. The van der Waals surface area contributed by atoms with E-state index in [0.29, 0.717) is 0 Å². The number of hydrogen-bond acceptors (Lipinski definition) is 0. The van der Waals surface area contributed by atoms with Crippen molar-refractivity contribution in [2.45, 2.75) is 19.3 Å². The van der Waals surface area contributed by atoms with Gasteiger partial charge in [0.2, 0.25) is 0 Å². The summed E-state index contributed by atoms with van der Waals surface area (Å²) in [6.45, 7) is 4.26. The van der Waals surface area contributed by atoms with Crippen molar-refractivity contribution in [2.75, 3.05) is 0 Å². The predicted octanol–water partition coefficient (Wildman–Crippen LogP) is 4.68. The molecule has 1 rings (SSSR count). The Morgan fingerprint density at radius 1 is 0.941 bits per heavy atom. The van der Waals surface area contributed by atoms with Crippen LogP contribution in [-0.2, 0) is 12.4 Å². The van der Waals surface area contributed by atoms with Gasteiger partial charge in [0.15, 0.2) is 0 Å². The van der Waals surface area contributed by atoms with E-state index in [9.17, 15) is 26.3 Å². The van der Waals surface area contributed by atoms with E-state index in [4.69, 9.17) is 0 Å². The Kier molecular flexibility index (Phi) is 3.27. The molecule has 0 aliphatic rings. The molecule has 0 aliphatic carbocycles. The Morgan fingerprint density at radius 2 is 1.41 bits per heavy atom. The van der Waals surface area contributed by atoms with Crippen molar-refractivity contribution >= 4 is 6.08 Å². The van der Waals surface area contributed by atoms with Gasteiger partial charge in [-0.3, -0.25) is 0 Å². The number of hydrogen-bond donors (Lipinski definition) is 0. The highest BCUT2D eigenvalue weighted by Crippen LogP contribution is 2.39. The SMILES string of the molecule is C=Cc1cc(C)c(C(F)(F)F)cc1C(F)(F)F. The summed E-state index contributed by atoms with van der Waals surface area (Å²) in [6.07, 6.45) is -8.75. The first kappa shape index (κ1) is 13.6. The molecule has 0 fully saturated rings. The summed E-state index contributed by atoms with van der Waals surface area (Å²) in [7, 11) is 0. The molecule has 0 aromatic heterocycles. The molecule has 0 N–H and O–H groups in total. The summed E-state index contributed by atoms with van der Waals surface area (Å²) in [5.74, 6) is 0. The third kappa shape index (κ3) is 2.81. The standard InChI is InChI=1S/C11H8F6/c1-3-7-4-6(2)8(10(12,13)14)5-9(7)11(15,16)17/h3-5H,1H2,2H3. The monoisotopic (exact) mass is 254 g/mol. The Hall–Kier alpha value is -1.46. The highest BCUT2D eigenvalue weighted by molar-refractivity contribution is 5.56. The summed E-state index contributed by atoms with van der Waals surface area (Å²) < 4.78 is 74.9. The quantitative estimate of drug-likeness (QED) is 0.638. The zero-order valence-corrected chi connectivity index (χ0v) is 8.71. The maximum atomic E-state index is 12.5. The first-order valence-electron chi connectivity index (χ1n) is 4.49. The third-order valence-corrected chi connectivity index (χ3v) is 2.23. The maximum Gasteiger partial charge on any atom is 0.417 e. The van der Waals surface area contributed by atoms with Crippen molar-refractivity contribution in [3.05, 3.63) is 41.0 Å². The number of aryl methyl sites for hydroxylation is 1. The van der Waals surface area contributed by atoms with E-state index in [1.165, 1.54) is 0 Å². The molecular weight excluding hydrogens is 246 g/mol. The Labute approximate surface area is 93.6 Å². The van der Waals surface area contributed by atoms with Crippen LogP contribution in [0, 0.1) is 6.92 Å². The normalized spacial score (nSPS) is 12.6. The van der Waals surface area contributed by atoms with Gasteiger partial charge in [0.1, 0.15) is 0 Å². The molecule has 94 valence electrons. The molecule has 0 bridgehead atoms. The average Bonchev–Trinajstić information content (AvgIpc) is 2.13. The second kappa shape index (κ2) is 4.09. The average molecular weight is 254 g/mol. The highest BCUT2D eigenvalue weighted by Gasteiger charge is 2.38. The minimum Gasteiger partial charge on any atom is -0.166 e. The van der Waals surface area contributed by atoms with Gasteiger partial charge in [-0.05, 0) is 24.1 Å². The Bertz CT molecular complexity index is 439. The molecule has 17 heavy (non-hydrogen) atoms. The van der Waals surface area contributed by atoms with Gasteiger partial charge in [0.25, 0.3) is 0 Å². The summed E-state index contributed by atoms with van der Waals surface area (Å²) in [5, 5.41) is 0. The number of alkyl halides is 6. The van der Waals surface area contributed by atoms with Gasteiger partial charge in [0.05, 0.1) is 11.1 Å². The fraction of sp³-hybridized carbons (Fsp3) is 0.273. The van der Waals surface area contributed by atoms with Gasteiger partial charge in [-0.15, -0.1) is 0 Å². The van der Waals surface area contributed by atoms with Gasteiger partial charge in [0, 0.05) is 0 Å². The van der Waals surface area contributed by atoms with E-state index < -0.39 is 23.5 Å². The van der Waals surface area contributed by atoms with Crippen LogP contribution in [0.3, 0.4) is 0 Å². The van der Waals surface area contributed by atoms with E-state index in [1.54, 1.807) is 0 Å². The van der Waals surface area contributed by atoms with Crippen LogP contribution < -0.4 is 0 Å². The van der Waals surface area contributed by atoms with Crippen molar-refractivity contribution in [3.8, 4) is 0 Å². The van der Waals surface area contributed by atoms with Crippen LogP contribution in [-0.4, -0.2) is 0 Å². The minimum atomic E-state index is -4.84. The molecule has 0 saturated heterocycles. The van der Waals surface area contributed by atoms with Crippen molar-refractivity contribution in [2.24, 2.45) is 0 Å². The molecule has 1 aromatic carbocycles. The van der Waals surface area contributed by atoms with E-state index in [0.717, 1.165) is 19.1 Å². The number of rotatable bonds is 1. The van der Waals surface area contributed by atoms with Crippen LogP contribution in [0.15, 0.2) is 18.7 Å². The summed E-state index contributed by atoms with van der Waals surface area (Å²) in [4.78, 5) is 0. The van der Waals surface area contributed by atoms with E-state index in [1.807, 2.05) is 0 Å². The van der Waals surface area contributed by atoms with Gasteiger partial charge in [-0.2, -0.15) is 26.3 Å². The smallest absolute Gasteiger partial charge is 0.166 e. The van der Waals surface area contributed by atoms with Gasteiger partial charge >= 0.3 is 12.4 Å². The molecule has 0 radical (unpaired) electrons. The van der Waals surface area contributed by atoms with Crippen molar-refractivity contribution < 1.29 is 26.3 Å². The van der Waals surface area contributed by atoms with Crippen LogP contribution in [0.1, 0.15) is 22.3 Å². The predicted molar refractivity (Wildman–Crippen MR) is 51.3 cm³/mol. The molecule has 0 saturated carbocycles. The molecule has 0 amide bonds. The van der Waals surface area contributed by atoms with Crippen molar-refractivity contribution in [1.82, 2.24) is 0 Å². The lowest BCUT2D eigenvalue weighted by molar-refractivity contribution is -0.143.